The lowest BCUT2D eigenvalue weighted by Crippen LogP contribution is -2.19. The van der Waals surface area contributed by atoms with Crippen LogP contribution in [0.1, 0.15) is 21.6 Å². The van der Waals surface area contributed by atoms with Gasteiger partial charge in [0.2, 0.25) is 0 Å². The molecule has 0 aliphatic carbocycles. The Labute approximate surface area is 155 Å². The van der Waals surface area contributed by atoms with Gasteiger partial charge in [0.15, 0.2) is 5.69 Å². The van der Waals surface area contributed by atoms with Crippen molar-refractivity contribution < 1.29 is 27.6 Å². The fourth-order valence-electron chi connectivity index (χ4n) is 2.50. The highest BCUT2D eigenvalue weighted by atomic mass is 32.2. The predicted octanol–water partition coefficient (Wildman–Crippen LogP) is 0.0464. The molecule has 2 rings (SSSR count). The second-order valence-corrected chi connectivity index (χ2v) is 6.84. The van der Waals surface area contributed by atoms with Gasteiger partial charge in [-0.15, -0.1) is 0 Å². The highest BCUT2D eigenvalue weighted by Crippen LogP contribution is 2.27. The lowest BCUT2D eigenvalue weighted by molar-refractivity contribution is 0.0593. The minimum atomic E-state index is -4.58. The van der Waals surface area contributed by atoms with Crippen molar-refractivity contribution >= 4 is 21.8 Å². The fraction of sp³-hybridized carbons (Fsp3) is 0.250. The summed E-state index contributed by atoms with van der Waals surface area (Å²) in [5.74, 6) is -0.809. The minimum Gasteiger partial charge on any atom is -0.464 e. The zero-order valence-corrected chi connectivity index (χ0v) is 15.2. The van der Waals surface area contributed by atoms with E-state index in [1.165, 1.54) is 22.9 Å². The minimum absolute atomic E-state index is 0.0116. The SMILES string of the molecule is COC(=O)c1c(N)c(C#N)cn1-c1ccc(CNCCO)c(S(=O)(=O)O)c1. The highest BCUT2D eigenvalue weighted by molar-refractivity contribution is 7.85. The van der Waals surface area contributed by atoms with E-state index in [1.807, 2.05) is 6.07 Å². The molecule has 2 aromatic rings. The maximum Gasteiger partial charge on any atom is 0.357 e. The van der Waals surface area contributed by atoms with Crippen molar-refractivity contribution in [3.8, 4) is 11.8 Å². The van der Waals surface area contributed by atoms with Crippen LogP contribution < -0.4 is 11.1 Å². The van der Waals surface area contributed by atoms with Crippen LogP contribution in [-0.4, -0.2) is 48.9 Å². The third kappa shape index (κ3) is 4.26. The van der Waals surface area contributed by atoms with Gasteiger partial charge in [-0.3, -0.25) is 4.55 Å². The van der Waals surface area contributed by atoms with E-state index in [0.717, 1.165) is 13.2 Å². The molecule has 1 aromatic carbocycles. The van der Waals surface area contributed by atoms with Gasteiger partial charge in [0, 0.05) is 25.0 Å². The Morgan fingerprint density at radius 1 is 1.44 bits per heavy atom. The Bertz CT molecular complexity index is 1010. The van der Waals surface area contributed by atoms with Crippen molar-refractivity contribution in [3.05, 3.63) is 41.2 Å². The van der Waals surface area contributed by atoms with Gasteiger partial charge in [-0.1, -0.05) is 6.07 Å². The van der Waals surface area contributed by atoms with Crippen molar-refractivity contribution in [2.75, 3.05) is 26.0 Å². The molecule has 0 bridgehead atoms. The van der Waals surface area contributed by atoms with Crippen LogP contribution >= 0.6 is 0 Å². The summed E-state index contributed by atoms with van der Waals surface area (Å²) in [6.07, 6.45) is 1.27. The van der Waals surface area contributed by atoms with Crippen LogP contribution in [0.15, 0.2) is 29.3 Å². The van der Waals surface area contributed by atoms with E-state index in [0.29, 0.717) is 0 Å². The molecule has 144 valence electrons. The number of methoxy groups -OCH3 is 1. The number of nitrogens with one attached hydrogen (secondary N) is 1. The second-order valence-electron chi connectivity index (χ2n) is 5.45. The van der Waals surface area contributed by atoms with E-state index >= 15 is 0 Å². The van der Waals surface area contributed by atoms with Crippen LogP contribution in [0, 0.1) is 11.3 Å². The smallest absolute Gasteiger partial charge is 0.357 e. The molecule has 0 aliphatic heterocycles. The summed E-state index contributed by atoms with van der Waals surface area (Å²) in [4.78, 5) is 11.7. The predicted molar refractivity (Wildman–Crippen MR) is 94.8 cm³/mol. The number of nitriles is 1. The number of rotatable bonds is 7. The monoisotopic (exact) mass is 394 g/mol. The number of esters is 1. The lowest BCUT2D eigenvalue weighted by Gasteiger charge is -2.13. The zero-order valence-electron chi connectivity index (χ0n) is 14.3. The van der Waals surface area contributed by atoms with Gasteiger partial charge in [-0.05, 0) is 17.7 Å². The van der Waals surface area contributed by atoms with Crippen LogP contribution in [0.5, 0.6) is 0 Å². The lowest BCUT2D eigenvalue weighted by atomic mass is 10.2. The first-order valence-electron chi connectivity index (χ1n) is 7.66. The van der Waals surface area contributed by atoms with Crippen LogP contribution in [-0.2, 0) is 21.4 Å². The van der Waals surface area contributed by atoms with Gasteiger partial charge < -0.3 is 25.5 Å². The average Bonchev–Trinajstić information content (AvgIpc) is 2.97. The third-order valence-corrected chi connectivity index (χ3v) is 4.69. The number of anilines is 1. The molecule has 0 saturated carbocycles. The topological polar surface area (TPSA) is 168 Å². The number of aliphatic hydroxyl groups excluding tert-OH is 1. The molecule has 1 aromatic heterocycles. The molecular formula is C16H18N4O6S. The van der Waals surface area contributed by atoms with Gasteiger partial charge >= 0.3 is 5.97 Å². The summed E-state index contributed by atoms with van der Waals surface area (Å²) in [5, 5.41) is 20.8. The van der Waals surface area contributed by atoms with Crippen molar-refractivity contribution in [2.45, 2.75) is 11.4 Å². The first-order valence-corrected chi connectivity index (χ1v) is 9.10. The van der Waals surface area contributed by atoms with Crippen LogP contribution in [0.4, 0.5) is 5.69 Å². The maximum atomic E-state index is 12.0. The Hall–Kier alpha value is -2.91. The maximum absolute atomic E-state index is 12.0. The molecule has 11 heteroatoms. The number of hydrogen-bond donors (Lipinski definition) is 4. The Kier molecular flexibility index (Phi) is 6.19. The molecule has 0 atom stereocenters. The van der Waals surface area contributed by atoms with Gasteiger partial charge in [-0.2, -0.15) is 13.7 Å². The molecule has 5 N–H and O–H groups in total. The molecule has 0 saturated heterocycles. The number of carbonyl (C=O) groups excluding carboxylic acids is 1. The summed E-state index contributed by atoms with van der Waals surface area (Å²) in [6.45, 7) is 0.178. The molecule has 0 unspecified atom stereocenters. The van der Waals surface area contributed by atoms with Gasteiger partial charge in [-0.25, -0.2) is 4.79 Å². The first-order chi connectivity index (χ1) is 12.7. The number of ether oxygens (including phenoxy) is 1. The van der Waals surface area contributed by atoms with Gasteiger partial charge in [0.25, 0.3) is 10.1 Å². The van der Waals surface area contributed by atoms with Crippen molar-refractivity contribution in [1.82, 2.24) is 9.88 Å². The van der Waals surface area contributed by atoms with Crippen molar-refractivity contribution in [1.29, 1.82) is 5.26 Å². The number of aliphatic hydroxyl groups is 1. The summed E-state index contributed by atoms with van der Waals surface area (Å²) in [7, 11) is -3.43. The average molecular weight is 394 g/mol. The highest BCUT2D eigenvalue weighted by Gasteiger charge is 2.23. The van der Waals surface area contributed by atoms with E-state index in [-0.39, 0.29) is 52.8 Å². The van der Waals surface area contributed by atoms with Crippen molar-refractivity contribution in [3.63, 3.8) is 0 Å². The number of carbonyl (C=O) groups is 1. The summed E-state index contributed by atoms with van der Waals surface area (Å²) >= 11 is 0. The Morgan fingerprint density at radius 3 is 2.70 bits per heavy atom. The molecule has 1 heterocycles. The number of aromatic nitrogens is 1. The molecule has 0 spiro atoms. The zero-order chi connectivity index (χ0) is 20.2. The van der Waals surface area contributed by atoms with Crippen LogP contribution in [0.25, 0.3) is 5.69 Å². The number of hydrogen-bond acceptors (Lipinski definition) is 8. The van der Waals surface area contributed by atoms with E-state index in [4.69, 9.17) is 16.1 Å². The van der Waals surface area contributed by atoms with E-state index in [2.05, 4.69) is 10.1 Å². The normalized spacial score (nSPS) is 11.2. The Morgan fingerprint density at radius 2 is 2.15 bits per heavy atom. The molecule has 27 heavy (non-hydrogen) atoms. The van der Waals surface area contributed by atoms with E-state index in [9.17, 15) is 17.8 Å². The quantitative estimate of drug-likeness (QED) is 0.288. The Balaban J connectivity index is 2.64. The number of benzene rings is 1. The third-order valence-electron chi connectivity index (χ3n) is 3.75. The van der Waals surface area contributed by atoms with Gasteiger partial charge in [0.1, 0.15) is 11.0 Å². The van der Waals surface area contributed by atoms with Crippen LogP contribution in [0.2, 0.25) is 0 Å². The largest absolute Gasteiger partial charge is 0.464 e. The molecule has 0 aliphatic rings. The second kappa shape index (κ2) is 8.19. The van der Waals surface area contributed by atoms with E-state index < -0.39 is 16.1 Å². The number of nitrogens with two attached hydrogens (primary N) is 1. The number of nitrogen functional groups attached to an aromatic ring is 1. The molecule has 0 fully saturated rings. The van der Waals surface area contributed by atoms with Crippen LogP contribution in [0.3, 0.4) is 0 Å². The fourth-order valence-corrected chi connectivity index (χ4v) is 3.24. The standard InChI is InChI=1S/C16H18N4O6S/c1-26-16(22)15-14(18)11(7-17)9-20(15)12-3-2-10(8-19-4-5-21)13(6-12)27(23,24)25/h2-3,6,9,19,21H,4-5,8,18H2,1H3,(H,23,24,25). The molecule has 0 amide bonds. The summed E-state index contributed by atoms with van der Waals surface area (Å²) in [6, 6.07) is 5.93. The van der Waals surface area contributed by atoms with Gasteiger partial charge in [0.05, 0.1) is 25.0 Å². The summed E-state index contributed by atoms with van der Waals surface area (Å²) < 4.78 is 39.0. The molecule has 10 nitrogen and oxygen atoms in total. The number of nitrogens with zero attached hydrogens (tertiary/aromatic N) is 2. The molecular weight excluding hydrogens is 376 g/mol. The van der Waals surface area contributed by atoms with Crippen molar-refractivity contribution in [2.24, 2.45) is 0 Å². The van der Waals surface area contributed by atoms with E-state index in [1.54, 1.807) is 0 Å². The first kappa shape index (κ1) is 20.4. The molecule has 0 radical (unpaired) electrons. The summed E-state index contributed by atoms with van der Waals surface area (Å²) in [5.41, 5.74) is 6.03.